The Balaban J connectivity index is 1.14. The van der Waals surface area contributed by atoms with Crippen molar-refractivity contribution in [3.63, 3.8) is 0 Å². The average Bonchev–Trinajstić information content (AvgIpc) is 3.45. The van der Waals surface area contributed by atoms with Crippen LogP contribution in [-0.2, 0) is 20.9 Å². The van der Waals surface area contributed by atoms with Gasteiger partial charge in [0.15, 0.2) is 0 Å². The highest BCUT2D eigenvalue weighted by atomic mass is 28.3. The van der Waals surface area contributed by atoms with Gasteiger partial charge in [-0.15, -0.1) is 0 Å². The summed E-state index contributed by atoms with van der Waals surface area (Å²) in [5, 5.41) is 4.44. The number of anilines is 4. The lowest BCUT2D eigenvalue weighted by Gasteiger charge is -2.35. The molecule has 2 aliphatic heterocycles. The van der Waals surface area contributed by atoms with Crippen LogP contribution in [0.2, 0.25) is 25.7 Å². The predicted octanol–water partition coefficient (Wildman–Crippen LogP) is 5.84. The van der Waals surface area contributed by atoms with E-state index in [0.29, 0.717) is 52.1 Å². The molecule has 0 aliphatic carbocycles. The molecule has 1 aromatic carbocycles. The summed E-state index contributed by atoms with van der Waals surface area (Å²) in [7, 11) is -1.22. The summed E-state index contributed by atoms with van der Waals surface area (Å²) < 4.78 is 19.5. The van der Waals surface area contributed by atoms with E-state index in [-0.39, 0.29) is 6.09 Å². The molecule has 0 saturated carbocycles. The molecule has 4 aromatic rings. The van der Waals surface area contributed by atoms with Gasteiger partial charge in [0.2, 0.25) is 5.95 Å². The van der Waals surface area contributed by atoms with Gasteiger partial charge in [0.25, 0.3) is 0 Å². The quantitative estimate of drug-likeness (QED) is 0.160. The van der Waals surface area contributed by atoms with Crippen molar-refractivity contribution in [1.82, 2.24) is 29.4 Å². The maximum Gasteiger partial charge on any atom is 0.410 e. The summed E-state index contributed by atoms with van der Waals surface area (Å²) >= 11 is 0. The maximum absolute atomic E-state index is 12.4. The Kier molecular flexibility index (Phi) is 10.4. The van der Waals surface area contributed by atoms with Gasteiger partial charge in [-0.1, -0.05) is 31.8 Å². The van der Waals surface area contributed by atoms with E-state index in [1.54, 1.807) is 23.6 Å². The number of ether oxygens (including phenoxy) is 3. The van der Waals surface area contributed by atoms with E-state index < -0.39 is 13.7 Å². The number of carbonyl (C=O) groups excluding carboxylic acids is 1. The van der Waals surface area contributed by atoms with Crippen LogP contribution in [0.25, 0.3) is 22.3 Å². The number of hydrogen-bond acceptors (Lipinski definition) is 11. The third-order valence-corrected chi connectivity index (χ3v) is 10.2. The van der Waals surface area contributed by atoms with Crippen molar-refractivity contribution >= 4 is 48.3 Å². The third-order valence-electron chi connectivity index (χ3n) is 8.52. The number of hydrogen-bond donors (Lipinski definition) is 1. The Hall–Kier alpha value is -4.27. The van der Waals surface area contributed by atoms with E-state index in [0.717, 1.165) is 65.2 Å². The molecular weight excluding hydrogens is 639 g/mol. The van der Waals surface area contributed by atoms with Crippen LogP contribution in [0.1, 0.15) is 20.8 Å². The minimum absolute atomic E-state index is 0.280. The number of aromatic nitrogens is 5. The molecule has 0 atom stereocenters. The highest BCUT2D eigenvalue weighted by Crippen LogP contribution is 2.33. The number of fused-ring (bicyclic) bond motifs is 1. The lowest BCUT2D eigenvalue weighted by molar-refractivity contribution is 0.0240. The average molecular weight is 688 g/mol. The van der Waals surface area contributed by atoms with E-state index in [1.165, 1.54) is 0 Å². The Morgan fingerprint density at radius 2 is 1.59 bits per heavy atom. The summed E-state index contributed by atoms with van der Waals surface area (Å²) in [6, 6.07) is 11.6. The molecule has 5 heterocycles. The van der Waals surface area contributed by atoms with Crippen molar-refractivity contribution in [2.75, 3.05) is 74.2 Å². The van der Waals surface area contributed by atoms with Crippen LogP contribution in [-0.4, -0.2) is 108 Å². The highest BCUT2D eigenvalue weighted by molar-refractivity contribution is 6.76. The molecule has 49 heavy (non-hydrogen) atoms. The second-order valence-electron chi connectivity index (χ2n) is 14.8. The topological polar surface area (TPSA) is 123 Å². The zero-order valence-electron chi connectivity index (χ0n) is 29.6. The van der Waals surface area contributed by atoms with Crippen LogP contribution >= 0.6 is 0 Å². The van der Waals surface area contributed by atoms with Crippen molar-refractivity contribution in [3.05, 3.63) is 49.1 Å². The van der Waals surface area contributed by atoms with Gasteiger partial charge in [-0.05, 0) is 50.6 Å². The van der Waals surface area contributed by atoms with Gasteiger partial charge in [-0.3, -0.25) is 0 Å². The number of amides is 1. The van der Waals surface area contributed by atoms with Gasteiger partial charge in [0, 0.05) is 59.6 Å². The number of nitrogens with one attached hydrogen (secondary N) is 1. The molecule has 0 radical (unpaired) electrons. The Morgan fingerprint density at radius 3 is 2.24 bits per heavy atom. The summed E-state index contributed by atoms with van der Waals surface area (Å²) in [4.78, 5) is 37.1. The normalized spacial score (nSPS) is 15.9. The third kappa shape index (κ3) is 8.85. The van der Waals surface area contributed by atoms with Crippen molar-refractivity contribution < 1.29 is 19.0 Å². The summed E-state index contributed by atoms with van der Waals surface area (Å²) in [5.74, 6) is 1.58. The number of nitrogens with zero attached hydrogens (tertiary/aromatic N) is 8. The van der Waals surface area contributed by atoms with Crippen molar-refractivity contribution in [2.45, 2.75) is 58.8 Å². The van der Waals surface area contributed by atoms with Crippen molar-refractivity contribution in [2.24, 2.45) is 0 Å². The Labute approximate surface area is 289 Å². The first-order valence-electron chi connectivity index (χ1n) is 17.1. The molecule has 0 unspecified atom stereocenters. The fourth-order valence-corrected chi connectivity index (χ4v) is 6.59. The molecule has 262 valence electrons. The zero-order valence-corrected chi connectivity index (χ0v) is 30.6. The van der Waals surface area contributed by atoms with Crippen LogP contribution in [0, 0.1) is 0 Å². The van der Waals surface area contributed by atoms with Crippen LogP contribution in [0.4, 0.5) is 27.9 Å². The predicted molar refractivity (Wildman–Crippen MR) is 195 cm³/mol. The molecule has 3 aromatic heterocycles. The zero-order chi connectivity index (χ0) is 34.6. The number of piperazine rings is 1. The summed E-state index contributed by atoms with van der Waals surface area (Å²) in [6.07, 6.45) is 4.95. The molecule has 13 nitrogen and oxygen atoms in total. The summed E-state index contributed by atoms with van der Waals surface area (Å²) in [5.41, 5.74) is 4.16. The van der Waals surface area contributed by atoms with Crippen LogP contribution in [0.5, 0.6) is 0 Å². The molecule has 0 spiro atoms. The first-order valence-corrected chi connectivity index (χ1v) is 20.8. The van der Waals surface area contributed by atoms with Gasteiger partial charge >= 0.3 is 6.09 Å². The number of morpholine rings is 1. The van der Waals surface area contributed by atoms with E-state index in [2.05, 4.69) is 79.6 Å². The fourth-order valence-electron chi connectivity index (χ4n) is 5.84. The van der Waals surface area contributed by atoms with Gasteiger partial charge in [0.1, 0.15) is 30.1 Å². The van der Waals surface area contributed by atoms with Crippen molar-refractivity contribution in [1.29, 1.82) is 0 Å². The van der Waals surface area contributed by atoms with Gasteiger partial charge < -0.3 is 38.8 Å². The molecule has 2 aliphatic rings. The second kappa shape index (κ2) is 14.7. The number of benzene rings is 1. The van der Waals surface area contributed by atoms with E-state index in [1.807, 2.05) is 20.8 Å². The number of rotatable bonds is 10. The molecule has 6 rings (SSSR count). The molecule has 1 N–H and O–H groups in total. The van der Waals surface area contributed by atoms with E-state index in [4.69, 9.17) is 24.2 Å². The van der Waals surface area contributed by atoms with E-state index in [9.17, 15) is 4.79 Å². The highest BCUT2D eigenvalue weighted by Gasteiger charge is 2.27. The largest absolute Gasteiger partial charge is 0.444 e. The van der Waals surface area contributed by atoms with Crippen LogP contribution in [0.15, 0.2) is 49.1 Å². The second-order valence-corrected chi connectivity index (χ2v) is 20.4. The summed E-state index contributed by atoms with van der Waals surface area (Å²) in [6.45, 7) is 19.3. The SMILES string of the molecule is CC(C)(C)OC(=O)N1CCN(c2ncc(Nc3ccc(-c4cc5c(N6CCOCC6)ncnc5n4COCC[Si](C)(C)C)cc3)cn2)CC1. The number of carbonyl (C=O) groups is 1. The molecule has 0 bridgehead atoms. The lowest BCUT2D eigenvalue weighted by atomic mass is 10.1. The molecule has 1 amide bonds. The minimum Gasteiger partial charge on any atom is -0.444 e. The lowest BCUT2D eigenvalue weighted by Crippen LogP contribution is -2.50. The van der Waals surface area contributed by atoms with Gasteiger partial charge in [0.05, 0.1) is 42.4 Å². The molecule has 14 heteroatoms. The van der Waals surface area contributed by atoms with Gasteiger partial charge in [-0.25, -0.2) is 24.7 Å². The fraction of sp³-hybridized carbons (Fsp3) is 0.514. The van der Waals surface area contributed by atoms with Crippen molar-refractivity contribution in [3.8, 4) is 11.3 Å². The van der Waals surface area contributed by atoms with E-state index >= 15 is 0 Å². The molecule has 2 fully saturated rings. The van der Waals surface area contributed by atoms with Crippen LogP contribution < -0.4 is 15.1 Å². The standard InChI is InChI=1S/C35H49N9O4Si/c1-35(2,3)48-34(45)43-13-11-42(12-14-43)33-36-22-28(23-37-33)40-27-9-7-26(8-10-27)30-21-29-31(41-15-17-46-18-16-41)38-24-39-32(29)44(30)25-47-19-20-49(4,5)6/h7-10,21-24,40H,11-20,25H2,1-6H3. The molecular formula is C35H49N9O4Si. The smallest absolute Gasteiger partial charge is 0.410 e. The maximum atomic E-state index is 12.4. The monoisotopic (exact) mass is 687 g/mol. The molecule has 2 saturated heterocycles. The van der Waals surface area contributed by atoms with Crippen LogP contribution in [0.3, 0.4) is 0 Å². The first kappa shape index (κ1) is 34.6. The van der Waals surface area contributed by atoms with Gasteiger partial charge in [-0.2, -0.15) is 0 Å². The Bertz CT molecular complexity index is 1700. The first-order chi connectivity index (χ1) is 23.4. The minimum atomic E-state index is -1.22. The Morgan fingerprint density at radius 1 is 0.898 bits per heavy atom.